The fourth-order valence-corrected chi connectivity index (χ4v) is 0.453. The number of hydrogen-bond acceptors (Lipinski definition) is 3. The fraction of sp³-hybridized carbons (Fsp3) is 0.800. The maximum absolute atomic E-state index is 10.1. The predicted molar refractivity (Wildman–Crippen MR) is 33.5 cm³/mol. The highest BCUT2D eigenvalue weighted by molar-refractivity contribution is 5.78. The molecule has 0 fully saturated rings. The third-order valence-corrected chi connectivity index (χ3v) is 1.01. The largest absolute Gasteiger partial charge is 0.383 e. The molecule has 0 rings (SSSR count). The summed E-state index contributed by atoms with van der Waals surface area (Å²) in [6.45, 7) is 0.477. The number of hydrogen-bond donors (Lipinski definition) is 3. The van der Waals surface area contributed by atoms with E-state index in [4.69, 9.17) is 16.6 Å². The third kappa shape index (κ3) is 3.93. The van der Waals surface area contributed by atoms with Crippen molar-refractivity contribution in [1.82, 2.24) is 0 Å². The average molecular weight is 132 g/mol. The van der Waals surface area contributed by atoms with Gasteiger partial charge in [-0.25, -0.2) is 0 Å². The molecule has 54 valence electrons. The molecule has 4 nitrogen and oxygen atoms in total. The van der Waals surface area contributed by atoms with E-state index in [-0.39, 0.29) is 0 Å². The van der Waals surface area contributed by atoms with Crippen molar-refractivity contribution in [3.05, 3.63) is 0 Å². The smallest absolute Gasteiger partial charge is 0.246 e. The molecular formula is C5H12N2O2. The average Bonchev–Trinajstić information content (AvgIpc) is 1.82. The van der Waals surface area contributed by atoms with Gasteiger partial charge in [0.15, 0.2) is 0 Å². The van der Waals surface area contributed by atoms with Gasteiger partial charge in [0, 0.05) is 0 Å². The van der Waals surface area contributed by atoms with Crippen LogP contribution < -0.4 is 11.5 Å². The number of rotatable bonds is 4. The number of primary amides is 1. The molecule has 0 aromatic rings. The minimum atomic E-state index is -1.02. The zero-order valence-corrected chi connectivity index (χ0v) is 5.21. The van der Waals surface area contributed by atoms with E-state index in [1.54, 1.807) is 0 Å². The standard InChI is InChI=1S/C5H12N2O2/c6-3-1-2-4(8)5(7)9/h4,8H,1-3,6H2,(H2,7,9)/t4-/m0/s1. The van der Waals surface area contributed by atoms with Gasteiger partial charge in [0.05, 0.1) is 0 Å². The van der Waals surface area contributed by atoms with E-state index in [0.717, 1.165) is 0 Å². The monoisotopic (exact) mass is 132 g/mol. The lowest BCUT2D eigenvalue weighted by molar-refractivity contribution is -0.126. The molecule has 9 heavy (non-hydrogen) atoms. The summed E-state index contributed by atoms with van der Waals surface area (Å²) in [5.41, 5.74) is 9.86. The summed E-state index contributed by atoms with van der Waals surface area (Å²) in [5.74, 6) is -0.677. The van der Waals surface area contributed by atoms with Crippen molar-refractivity contribution in [1.29, 1.82) is 0 Å². The molecule has 0 radical (unpaired) electrons. The first-order valence-electron chi connectivity index (χ1n) is 2.86. The Kier molecular flexibility index (Phi) is 4.00. The van der Waals surface area contributed by atoms with Crippen LogP contribution in [-0.2, 0) is 4.79 Å². The first kappa shape index (κ1) is 8.39. The highest BCUT2D eigenvalue weighted by Gasteiger charge is 2.08. The Hall–Kier alpha value is -0.610. The third-order valence-electron chi connectivity index (χ3n) is 1.01. The van der Waals surface area contributed by atoms with E-state index >= 15 is 0 Å². The molecule has 1 amide bonds. The van der Waals surface area contributed by atoms with Crippen molar-refractivity contribution in [2.45, 2.75) is 18.9 Å². The highest BCUT2D eigenvalue weighted by Crippen LogP contribution is 1.92. The van der Waals surface area contributed by atoms with Crippen molar-refractivity contribution < 1.29 is 9.90 Å². The van der Waals surface area contributed by atoms with Crippen LogP contribution in [0.5, 0.6) is 0 Å². The zero-order valence-electron chi connectivity index (χ0n) is 5.21. The number of carbonyl (C=O) groups is 1. The molecule has 1 atom stereocenters. The van der Waals surface area contributed by atoms with Crippen LogP contribution in [0, 0.1) is 0 Å². The number of aliphatic hydroxyl groups excluding tert-OH is 1. The first-order chi connectivity index (χ1) is 4.18. The van der Waals surface area contributed by atoms with Crippen LogP contribution in [0.15, 0.2) is 0 Å². The number of amides is 1. The van der Waals surface area contributed by atoms with Gasteiger partial charge >= 0.3 is 0 Å². The van der Waals surface area contributed by atoms with E-state index in [1.807, 2.05) is 0 Å². The number of carbonyl (C=O) groups excluding carboxylic acids is 1. The number of aliphatic hydroxyl groups is 1. The summed E-state index contributed by atoms with van der Waals surface area (Å²) in [6.07, 6.45) is -0.0239. The van der Waals surface area contributed by atoms with Crippen molar-refractivity contribution in [3.63, 3.8) is 0 Å². The second kappa shape index (κ2) is 4.29. The molecule has 0 saturated heterocycles. The van der Waals surface area contributed by atoms with E-state index in [2.05, 4.69) is 0 Å². The summed E-state index contributed by atoms with van der Waals surface area (Å²) >= 11 is 0. The minimum Gasteiger partial charge on any atom is -0.383 e. The summed E-state index contributed by atoms with van der Waals surface area (Å²) in [4.78, 5) is 10.1. The van der Waals surface area contributed by atoms with Crippen molar-refractivity contribution >= 4 is 5.91 Å². The lowest BCUT2D eigenvalue weighted by atomic mass is 10.2. The van der Waals surface area contributed by atoms with Crippen LogP contribution in [0.3, 0.4) is 0 Å². The zero-order chi connectivity index (χ0) is 7.28. The molecule has 0 aliphatic heterocycles. The second-order valence-corrected chi connectivity index (χ2v) is 1.85. The summed E-state index contributed by atoms with van der Waals surface area (Å²) in [5, 5.41) is 8.73. The van der Waals surface area contributed by atoms with Crippen LogP contribution in [0.1, 0.15) is 12.8 Å². The van der Waals surface area contributed by atoms with Crippen LogP contribution in [0.2, 0.25) is 0 Å². The van der Waals surface area contributed by atoms with E-state index < -0.39 is 12.0 Å². The first-order valence-corrected chi connectivity index (χ1v) is 2.86. The van der Waals surface area contributed by atoms with Gasteiger partial charge in [0.1, 0.15) is 6.10 Å². The molecule has 0 heterocycles. The van der Waals surface area contributed by atoms with Gasteiger partial charge in [0.2, 0.25) is 5.91 Å². The van der Waals surface area contributed by atoms with Gasteiger partial charge in [-0.05, 0) is 19.4 Å². The lowest BCUT2D eigenvalue weighted by Crippen LogP contribution is -2.28. The Labute approximate surface area is 53.8 Å². The molecule has 0 spiro atoms. The van der Waals surface area contributed by atoms with E-state index in [9.17, 15) is 4.79 Å². The quantitative estimate of drug-likeness (QED) is 0.438. The molecule has 0 aliphatic rings. The van der Waals surface area contributed by atoms with Crippen LogP contribution in [-0.4, -0.2) is 23.7 Å². The van der Waals surface area contributed by atoms with Crippen LogP contribution in [0.4, 0.5) is 0 Å². The molecule has 4 heteroatoms. The SMILES string of the molecule is NCCC[C@H](O)C(N)=O. The lowest BCUT2D eigenvalue weighted by Gasteiger charge is -2.02. The van der Waals surface area contributed by atoms with Gasteiger partial charge in [0.25, 0.3) is 0 Å². The molecule has 0 bridgehead atoms. The van der Waals surface area contributed by atoms with Crippen LogP contribution >= 0.6 is 0 Å². The normalized spacial score (nSPS) is 13.1. The Balaban J connectivity index is 3.27. The molecule has 0 unspecified atom stereocenters. The van der Waals surface area contributed by atoms with Crippen LogP contribution in [0.25, 0.3) is 0 Å². The fourth-order valence-electron chi connectivity index (χ4n) is 0.453. The van der Waals surface area contributed by atoms with Gasteiger partial charge in [-0.15, -0.1) is 0 Å². The molecule has 0 aromatic heterocycles. The van der Waals surface area contributed by atoms with E-state index in [1.165, 1.54) is 0 Å². The van der Waals surface area contributed by atoms with Gasteiger partial charge in [-0.3, -0.25) is 4.79 Å². The summed E-state index contributed by atoms with van der Waals surface area (Å²) in [6, 6.07) is 0. The minimum absolute atomic E-state index is 0.367. The van der Waals surface area contributed by atoms with Gasteiger partial charge < -0.3 is 16.6 Å². The Morgan fingerprint density at radius 1 is 1.67 bits per heavy atom. The molecule has 0 saturated carbocycles. The maximum Gasteiger partial charge on any atom is 0.246 e. The summed E-state index contributed by atoms with van der Waals surface area (Å²) < 4.78 is 0. The predicted octanol–water partition coefficient (Wildman–Crippen LogP) is -1.43. The Bertz CT molecular complexity index is 95.0. The second-order valence-electron chi connectivity index (χ2n) is 1.85. The Morgan fingerprint density at radius 3 is 2.56 bits per heavy atom. The van der Waals surface area contributed by atoms with Crippen molar-refractivity contribution in [2.24, 2.45) is 11.5 Å². The molecular weight excluding hydrogens is 120 g/mol. The summed E-state index contributed by atoms with van der Waals surface area (Å²) in [7, 11) is 0. The van der Waals surface area contributed by atoms with E-state index in [0.29, 0.717) is 19.4 Å². The van der Waals surface area contributed by atoms with Gasteiger partial charge in [-0.2, -0.15) is 0 Å². The maximum atomic E-state index is 10.1. The molecule has 0 aliphatic carbocycles. The highest BCUT2D eigenvalue weighted by atomic mass is 16.3. The topological polar surface area (TPSA) is 89.3 Å². The molecule has 5 N–H and O–H groups in total. The van der Waals surface area contributed by atoms with Gasteiger partial charge in [-0.1, -0.05) is 0 Å². The Morgan fingerprint density at radius 2 is 2.22 bits per heavy atom. The van der Waals surface area contributed by atoms with Crippen molar-refractivity contribution in [3.8, 4) is 0 Å². The van der Waals surface area contributed by atoms with Crippen molar-refractivity contribution in [2.75, 3.05) is 6.54 Å². The number of nitrogens with two attached hydrogens (primary N) is 2. The molecule has 0 aromatic carbocycles.